The molecule has 0 saturated carbocycles. The topological polar surface area (TPSA) is 58.9 Å². The summed E-state index contributed by atoms with van der Waals surface area (Å²) in [5.74, 6) is 0.891. The van der Waals surface area contributed by atoms with E-state index in [0.29, 0.717) is 13.0 Å². The minimum absolute atomic E-state index is 0.0786. The van der Waals surface area contributed by atoms with Gasteiger partial charge < -0.3 is 19.7 Å². The number of aliphatic hydroxyl groups excluding tert-OH is 2. The summed E-state index contributed by atoms with van der Waals surface area (Å²) in [6, 6.07) is 10.7. The average molecular weight is 395 g/mol. The van der Waals surface area contributed by atoms with Crippen molar-refractivity contribution < 1.29 is 19.7 Å². The van der Waals surface area contributed by atoms with E-state index < -0.39 is 6.10 Å². The van der Waals surface area contributed by atoms with Crippen molar-refractivity contribution in [3.63, 3.8) is 0 Å². The van der Waals surface area contributed by atoms with Gasteiger partial charge in [-0.2, -0.15) is 0 Å². The highest BCUT2D eigenvalue weighted by atomic mass is 16.5. The van der Waals surface area contributed by atoms with Gasteiger partial charge >= 0.3 is 0 Å². The van der Waals surface area contributed by atoms with Crippen molar-refractivity contribution in [1.82, 2.24) is 0 Å². The number of ether oxygens (including phenoxy) is 2. The first-order valence-corrected chi connectivity index (χ1v) is 10.5. The van der Waals surface area contributed by atoms with Crippen molar-refractivity contribution in [2.45, 2.75) is 51.4 Å². The molecule has 0 spiro atoms. The predicted octanol–water partition coefficient (Wildman–Crippen LogP) is 3.98. The largest absolute Gasteiger partial charge is 0.493 e. The molecule has 1 saturated heterocycles. The quantitative estimate of drug-likeness (QED) is 0.805. The Balaban J connectivity index is 1.70. The summed E-state index contributed by atoms with van der Waals surface area (Å²) in [7, 11) is 0. The van der Waals surface area contributed by atoms with Gasteiger partial charge in [-0.3, -0.25) is 0 Å². The number of aliphatic hydroxyl groups is 2. The lowest BCUT2D eigenvalue weighted by atomic mass is 9.84. The molecule has 4 rings (SSSR count). The zero-order valence-corrected chi connectivity index (χ0v) is 17.2. The second-order valence-corrected chi connectivity index (χ2v) is 8.29. The fraction of sp³-hybridized carbons (Fsp3) is 0.440. The van der Waals surface area contributed by atoms with Crippen molar-refractivity contribution in [3.05, 3.63) is 70.3 Å². The Morgan fingerprint density at radius 2 is 2.00 bits per heavy atom. The molecule has 0 aliphatic carbocycles. The van der Waals surface area contributed by atoms with E-state index in [9.17, 15) is 10.2 Å². The Bertz CT molecular complexity index is 887. The van der Waals surface area contributed by atoms with E-state index in [-0.39, 0.29) is 24.7 Å². The summed E-state index contributed by atoms with van der Waals surface area (Å²) in [6.45, 7) is 8.44. The Morgan fingerprint density at radius 3 is 2.69 bits per heavy atom. The van der Waals surface area contributed by atoms with Crippen molar-refractivity contribution in [2.24, 2.45) is 5.92 Å². The number of benzene rings is 2. The van der Waals surface area contributed by atoms with E-state index in [1.54, 1.807) is 0 Å². The van der Waals surface area contributed by atoms with Gasteiger partial charge in [0.15, 0.2) is 0 Å². The third-order valence-electron chi connectivity index (χ3n) is 6.49. The molecule has 154 valence electrons. The highest BCUT2D eigenvalue weighted by Gasteiger charge is 2.37. The number of hydrogen-bond acceptors (Lipinski definition) is 4. The van der Waals surface area contributed by atoms with Crippen LogP contribution in [-0.2, 0) is 17.6 Å². The van der Waals surface area contributed by atoms with Crippen LogP contribution in [0.5, 0.6) is 5.75 Å². The second-order valence-electron chi connectivity index (χ2n) is 8.29. The molecule has 4 atom stereocenters. The van der Waals surface area contributed by atoms with Gasteiger partial charge in [-0.05, 0) is 41.2 Å². The Labute approximate surface area is 172 Å². The highest BCUT2D eigenvalue weighted by molar-refractivity contribution is 5.55. The lowest BCUT2D eigenvalue weighted by Gasteiger charge is -2.38. The van der Waals surface area contributed by atoms with Gasteiger partial charge in [0.2, 0.25) is 0 Å². The van der Waals surface area contributed by atoms with Gasteiger partial charge in [0.25, 0.3) is 0 Å². The molecule has 2 aliphatic heterocycles. The molecule has 0 aromatic heterocycles. The zero-order valence-electron chi connectivity index (χ0n) is 17.2. The molecule has 2 aliphatic rings. The van der Waals surface area contributed by atoms with Crippen LogP contribution in [0, 0.1) is 12.8 Å². The molecule has 4 heteroatoms. The first kappa shape index (κ1) is 20.1. The van der Waals surface area contributed by atoms with Crippen LogP contribution in [0.4, 0.5) is 0 Å². The Hall–Kier alpha value is -2.14. The van der Waals surface area contributed by atoms with Crippen molar-refractivity contribution >= 4 is 6.08 Å². The molecule has 1 fully saturated rings. The van der Waals surface area contributed by atoms with Gasteiger partial charge in [0, 0.05) is 24.3 Å². The van der Waals surface area contributed by atoms with E-state index in [2.05, 4.69) is 43.8 Å². The lowest BCUT2D eigenvalue weighted by molar-refractivity contribution is -0.147. The predicted molar refractivity (Wildman–Crippen MR) is 114 cm³/mol. The maximum absolute atomic E-state index is 10.5. The van der Waals surface area contributed by atoms with E-state index in [1.807, 2.05) is 13.0 Å². The monoisotopic (exact) mass is 394 g/mol. The van der Waals surface area contributed by atoms with Crippen LogP contribution in [0.25, 0.3) is 6.08 Å². The molecular formula is C25H30O4. The third-order valence-corrected chi connectivity index (χ3v) is 6.49. The fourth-order valence-corrected chi connectivity index (χ4v) is 4.58. The fourth-order valence-electron chi connectivity index (χ4n) is 4.58. The molecular weight excluding hydrogens is 364 g/mol. The molecule has 0 bridgehead atoms. The molecule has 2 aromatic rings. The molecule has 2 N–H and O–H groups in total. The van der Waals surface area contributed by atoms with Crippen molar-refractivity contribution in [2.75, 3.05) is 13.2 Å². The van der Waals surface area contributed by atoms with Gasteiger partial charge in [-0.25, -0.2) is 0 Å². The van der Waals surface area contributed by atoms with Crippen LogP contribution in [0.1, 0.15) is 52.8 Å². The van der Waals surface area contributed by atoms with Crippen molar-refractivity contribution in [1.29, 1.82) is 0 Å². The molecule has 29 heavy (non-hydrogen) atoms. The molecule has 2 aromatic carbocycles. The molecule has 0 amide bonds. The summed E-state index contributed by atoms with van der Waals surface area (Å²) in [6.07, 6.45) is 3.04. The van der Waals surface area contributed by atoms with Crippen LogP contribution in [0.3, 0.4) is 0 Å². The highest BCUT2D eigenvalue weighted by Crippen LogP contribution is 2.42. The zero-order chi connectivity index (χ0) is 20.5. The average Bonchev–Trinajstić information content (AvgIpc) is 3.23. The van der Waals surface area contributed by atoms with Crippen LogP contribution >= 0.6 is 0 Å². The number of hydrogen-bond donors (Lipinski definition) is 2. The van der Waals surface area contributed by atoms with E-state index in [0.717, 1.165) is 35.3 Å². The van der Waals surface area contributed by atoms with Crippen molar-refractivity contribution in [3.8, 4) is 5.75 Å². The minimum atomic E-state index is -0.491. The Kier molecular flexibility index (Phi) is 5.77. The van der Waals surface area contributed by atoms with Gasteiger partial charge in [-0.1, -0.05) is 49.9 Å². The summed E-state index contributed by atoms with van der Waals surface area (Å²) < 4.78 is 12.2. The SMILES string of the molecule is C=Cc1ccc(Cc2cc([C@H]3C[C@@H](O)[C@@H](C)[C@@H](CO)O3)c(C)c3c2CCO3)cc1. The number of fused-ring (bicyclic) bond motifs is 1. The standard InChI is InChI=1S/C25H30O4/c1-4-17-5-7-18(8-6-17)11-19-12-21(15(2)25-20(19)9-10-28-25)23-13-22(27)16(3)24(14-26)29-23/h4-8,12,16,22-24,26-27H,1,9-11,13-14H2,2-3H3/t16-,22-,23-,24-/m1/s1. The maximum Gasteiger partial charge on any atom is 0.126 e. The van der Waals surface area contributed by atoms with Crippen LogP contribution in [0.2, 0.25) is 0 Å². The molecule has 0 unspecified atom stereocenters. The summed E-state index contributed by atoms with van der Waals surface area (Å²) >= 11 is 0. The molecule has 0 radical (unpaired) electrons. The number of rotatable bonds is 5. The smallest absolute Gasteiger partial charge is 0.126 e. The van der Waals surface area contributed by atoms with Gasteiger partial charge in [-0.15, -0.1) is 0 Å². The van der Waals surface area contributed by atoms with E-state index in [1.165, 1.54) is 16.7 Å². The minimum Gasteiger partial charge on any atom is -0.493 e. The van der Waals surface area contributed by atoms with Gasteiger partial charge in [0.05, 0.1) is 31.5 Å². The van der Waals surface area contributed by atoms with E-state index in [4.69, 9.17) is 9.47 Å². The van der Waals surface area contributed by atoms with Crippen LogP contribution in [-0.4, -0.2) is 35.6 Å². The third kappa shape index (κ3) is 3.85. The second kappa shape index (κ2) is 8.31. The van der Waals surface area contributed by atoms with E-state index >= 15 is 0 Å². The Morgan fingerprint density at radius 1 is 1.24 bits per heavy atom. The maximum atomic E-state index is 10.5. The molecule has 4 nitrogen and oxygen atoms in total. The summed E-state index contributed by atoms with van der Waals surface area (Å²) in [5.41, 5.74) is 7.04. The summed E-state index contributed by atoms with van der Waals surface area (Å²) in [4.78, 5) is 0. The molecule has 2 heterocycles. The van der Waals surface area contributed by atoms with Crippen LogP contribution < -0.4 is 4.74 Å². The summed E-state index contributed by atoms with van der Waals surface area (Å²) in [5, 5.41) is 20.2. The first-order valence-electron chi connectivity index (χ1n) is 10.5. The normalized spacial score (nSPS) is 26.1. The first-order chi connectivity index (χ1) is 14.0. The lowest BCUT2D eigenvalue weighted by Crippen LogP contribution is -2.41. The van der Waals surface area contributed by atoms with Gasteiger partial charge in [0.1, 0.15) is 5.75 Å². The van der Waals surface area contributed by atoms with Crippen LogP contribution in [0.15, 0.2) is 36.9 Å².